The Morgan fingerprint density at radius 2 is 1.59 bits per heavy atom. The van der Waals surface area contributed by atoms with Crippen molar-refractivity contribution in [3.63, 3.8) is 0 Å². The van der Waals surface area contributed by atoms with Gasteiger partial charge in [0.15, 0.2) is 0 Å². The summed E-state index contributed by atoms with van der Waals surface area (Å²) in [5.41, 5.74) is 4.04. The van der Waals surface area contributed by atoms with Crippen LogP contribution in [-0.2, 0) is 10.1 Å². The van der Waals surface area contributed by atoms with Crippen molar-refractivity contribution in [2.75, 3.05) is 36.5 Å². The van der Waals surface area contributed by atoms with Gasteiger partial charge in [-0.1, -0.05) is 22.3 Å². The molecular weight excluding hydrogens is 363 g/mol. The molecule has 2 aromatic carbocycles. The van der Waals surface area contributed by atoms with E-state index in [-0.39, 0.29) is 5.82 Å². The molecular formula is C20H23FN4OS. The third-order valence-corrected chi connectivity index (χ3v) is 7.77. The molecule has 5 nitrogen and oxygen atoms in total. The predicted octanol–water partition coefficient (Wildman–Crippen LogP) is 2.65. The zero-order chi connectivity index (χ0) is 18.9. The second-order valence-electron chi connectivity index (χ2n) is 6.74. The van der Waals surface area contributed by atoms with Crippen LogP contribution in [0.25, 0.3) is 16.8 Å². The maximum absolute atomic E-state index is 13.1. The Hall–Kier alpha value is -2.51. The highest BCUT2D eigenvalue weighted by Crippen LogP contribution is 2.25. The molecule has 1 fully saturated rings. The van der Waals surface area contributed by atoms with Crippen LogP contribution in [0.5, 0.6) is 0 Å². The normalized spacial score (nSPS) is 17.6. The highest BCUT2D eigenvalue weighted by atomic mass is 32.3. The van der Waals surface area contributed by atoms with E-state index in [2.05, 4.69) is 39.0 Å². The van der Waals surface area contributed by atoms with E-state index in [4.69, 9.17) is 0 Å². The Kier molecular flexibility index (Phi) is 4.80. The molecule has 1 aliphatic rings. The SMILES string of the molecule is CN[SH]1(=O)CCN(c2ccc(-c3cnn(-c4ccc(F)cc4)c3)cc2)CC1. The van der Waals surface area contributed by atoms with Gasteiger partial charge < -0.3 is 4.90 Å². The van der Waals surface area contributed by atoms with Gasteiger partial charge in [0.2, 0.25) is 0 Å². The largest absolute Gasteiger partial charge is 0.370 e. The van der Waals surface area contributed by atoms with Gasteiger partial charge in [0.25, 0.3) is 0 Å². The number of thiol groups is 1. The average Bonchev–Trinajstić information content (AvgIpc) is 3.19. The Balaban J connectivity index is 1.48. The molecule has 7 heteroatoms. The van der Waals surface area contributed by atoms with Gasteiger partial charge in [-0.25, -0.2) is 9.07 Å². The summed E-state index contributed by atoms with van der Waals surface area (Å²) < 4.78 is 30.2. The number of aromatic nitrogens is 2. The van der Waals surface area contributed by atoms with Crippen molar-refractivity contribution in [2.24, 2.45) is 0 Å². The lowest BCUT2D eigenvalue weighted by atomic mass is 10.1. The highest BCUT2D eigenvalue weighted by Gasteiger charge is 2.22. The summed E-state index contributed by atoms with van der Waals surface area (Å²) in [5.74, 6) is 1.15. The van der Waals surface area contributed by atoms with E-state index in [1.54, 1.807) is 23.9 Å². The van der Waals surface area contributed by atoms with E-state index in [9.17, 15) is 8.60 Å². The van der Waals surface area contributed by atoms with Crippen molar-refractivity contribution < 1.29 is 8.60 Å². The number of nitrogens with zero attached hydrogens (tertiary/aromatic N) is 3. The summed E-state index contributed by atoms with van der Waals surface area (Å²) in [6, 6.07) is 14.6. The Labute approximate surface area is 159 Å². The molecule has 4 rings (SSSR count). The van der Waals surface area contributed by atoms with Gasteiger partial charge in [-0.2, -0.15) is 5.10 Å². The Bertz CT molecular complexity index is 956. The van der Waals surface area contributed by atoms with Gasteiger partial charge in [-0.15, -0.1) is 0 Å². The molecule has 0 atom stereocenters. The third kappa shape index (κ3) is 3.79. The Morgan fingerprint density at radius 1 is 0.963 bits per heavy atom. The first kappa shape index (κ1) is 17.9. The van der Waals surface area contributed by atoms with E-state index >= 15 is 0 Å². The minimum atomic E-state index is -2.17. The topological polar surface area (TPSA) is 50.2 Å². The number of rotatable bonds is 4. The molecule has 0 spiro atoms. The number of halogens is 1. The summed E-state index contributed by atoms with van der Waals surface area (Å²) in [5, 5.41) is 4.38. The molecule has 1 saturated heterocycles. The fraction of sp³-hybridized carbons (Fsp3) is 0.250. The maximum Gasteiger partial charge on any atom is 0.123 e. The molecule has 2 heterocycles. The molecule has 0 aliphatic carbocycles. The van der Waals surface area contributed by atoms with Crippen molar-refractivity contribution in [2.45, 2.75) is 0 Å². The fourth-order valence-electron chi connectivity index (χ4n) is 3.34. The van der Waals surface area contributed by atoms with Gasteiger partial charge >= 0.3 is 0 Å². The molecule has 142 valence electrons. The van der Waals surface area contributed by atoms with Crippen LogP contribution in [-0.4, -0.2) is 45.6 Å². The second-order valence-corrected chi connectivity index (χ2v) is 9.86. The van der Waals surface area contributed by atoms with Gasteiger partial charge in [-0.05, 0) is 49.0 Å². The summed E-state index contributed by atoms with van der Waals surface area (Å²) >= 11 is 0. The predicted molar refractivity (Wildman–Crippen MR) is 110 cm³/mol. The monoisotopic (exact) mass is 386 g/mol. The molecule has 1 aromatic heterocycles. The van der Waals surface area contributed by atoms with Crippen molar-refractivity contribution in [1.82, 2.24) is 14.5 Å². The fourth-order valence-corrected chi connectivity index (χ4v) is 5.14. The molecule has 0 bridgehead atoms. The smallest absolute Gasteiger partial charge is 0.123 e. The van der Waals surface area contributed by atoms with Crippen LogP contribution in [0.2, 0.25) is 0 Å². The molecule has 1 N–H and O–H groups in total. The molecule has 0 unspecified atom stereocenters. The molecule has 0 radical (unpaired) electrons. The van der Waals surface area contributed by atoms with Crippen molar-refractivity contribution in [3.8, 4) is 16.8 Å². The van der Waals surface area contributed by atoms with Gasteiger partial charge in [-0.3, -0.25) is 8.93 Å². The number of anilines is 1. The number of hydrogen-bond donors (Lipinski definition) is 2. The quantitative estimate of drug-likeness (QED) is 0.678. The number of hydrogen-bond acceptors (Lipinski definition) is 3. The van der Waals surface area contributed by atoms with Crippen molar-refractivity contribution >= 4 is 15.8 Å². The van der Waals surface area contributed by atoms with Crippen LogP contribution in [0.4, 0.5) is 10.1 Å². The summed E-state index contributed by atoms with van der Waals surface area (Å²) in [6.45, 7) is 1.61. The molecule has 27 heavy (non-hydrogen) atoms. The first-order valence-corrected chi connectivity index (χ1v) is 11.1. The van der Waals surface area contributed by atoms with Crippen LogP contribution in [0, 0.1) is 5.82 Å². The third-order valence-electron chi connectivity index (χ3n) is 5.11. The van der Waals surface area contributed by atoms with E-state index in [1.165, 1.54) is 12.1 Å². The standard InChI is InChI=1S/C20H23FN4OS/c1-22-27(26)12-10-24(11-13-27)19-6-2-16(3-7-19)17-14-23-25(15-17)20-8-4-18(21)5-9-20/h2-9,14-15,27H,10-13H2,1H3,(H,22,26). The van der Waals surface area contributed by atoms with Gasteiger partial charge in [0.05, 0.1) is 11.9 Å². The lowest BCUT2D eigenvalue weighted by molar-refractivity contribution is 0.627. The van der Waals surface area contributed by atoms with Crippen LogP contribution in [0.15, 0.2) is 60.9 Å². The highest BCUT2D eigenvalue weighted by molar-refractivity contribution is 8.01. The zero-order valence-corrected chi connectivity index (χ0v) is 16.1. The van der Waals surface area contributed by atoms with Crippen LogP contribution < -0.4 is 9.62 Å². The summed E-state index contributed by atoms with van der Waals surface area (Å²) in [4.78, 5) is 2.28. The van der Waals surface area contributed by atoms with E-state index < -0.39 is 10.1 Å². The average molecular weight is 386 g/mol. The van der Waals surface area contributed by atoms with Gasteiger partial charge in [0, 0.05) is 42.0 Å². The lowest BCUT2D eigenvalue weighted by Crippen LogP contribution is -2.49. The van der Waals surface area contributed by atoms with Crippen molar-refractivity contribution in [3.05, 3.63) is 66.7 Å². The summed E-state index contributed by atoms with van der Waals surface area (Å²) in [7, 11) is -0.376. The molecule has 3 aromatic rings. The van der Waals surface area contributed by atoms with Crippen LogP contribution in [0.1, 0.15) is 0 Å². The van der Waals surface area contributed by atoms with E-state index in [0.717, 1.165) is 35.6 Å². The molecule has 1 aliphatic heterocycles. The number of nitrogens with one attached hydrogen (secondary N) is 1. The van der Waals surface area contributed by atoms with Crippen LogP contribution in [0.3, 0.4) is 0 Å². The molecule has 0 saturated carbocycles. The minimum Gasteiger partial charge on any atom is -0.370 e. The van der Waals surface area contributed by atoms with Crippen LogP contribution >= 0.6 is 0 Å². The second kappa shape index (κ2) is 7.25. The summed E-state index contributed by atoms with van der Waals surface area (Å²) in [6.07, 6.45) is 3.74. The Morgan fingerprint density at radius 3 is 2.22 bits per heavy atom. The molecule has 0 amide bonds. The van der Waals surface area contributed by atoms with Crippen molar-refractivity contribution in [1.29, 1.82) is 0 Å². The zero-order valence-electron chi connectivity index (χ0n) is 15.2. The lowest BCUT2D eigenvalue weighted by Gasteiger charge is -2.36. The maximum atomic E-state index is 13.1. The minimum absolute atomic E-state index is 0.259. The van der Waals surface area contributed by atoms with E-state index in [0.29, 0.717) is 11.5 Å². The number of benzene rings is 2. The van der Waals surface area contributed by atoms with E-state index in [1.807, 2.05) is 12.4 Å². The first-order valence-electron chi connectivity index (χ1n) is 8.99. The van der Waals surface area contributed by atoms with Gasteiger partial charge in [0.1, 0.15) is 5.82 Å². The first-order chi connectivity index (χ1) is 13.1.